The number of fused-ring (bicyclic) bond motifs is 2. The first-order chi connectivity index (χ1) is 11.1. The lowest BCUT2D eigenvalue weighted by Crippen LogP contribution is -2.33. The number of rotatable bonds is 12. The number of aliphatic carboxylic acids is 1. The number of thioether (sulfide) groups is 1. The van der Waals surface area contributed by atoms with E-state index in [0.717, 1.165) is 18.3 Å². The first-order valence-corrected chi connectivity index (χ1v) is 10.2. The number of carbonyl (C=O) groups is 1. The molecule has 1 unspecified atom stereocenters. The molecule has 1 N–H and O–H groups in total. The lowest BCUT2D eigenvalue weighted by atomic mass is 9.81. The molecule has 0 aromatic heterocycles. The highest BCUT2D eigenvalue weighted by molar-refractivity contribution is 7.99. The molecule has 0 aliphatic carbocycles. The molecule has 2 aliphatic rings. The predicted molar refractivity (Wildman–Crippen MR) is 94.0 cm³/mol. The molecular weight excluding hydrogens is 312 g/mol. The van der Waals surface area contributed by atoms with Gasteiger partial charge in [-0.15, -0.1) is 0 Å². The third-order valence-corrected chi connectivity index (χ3v) is 6.48. The Labute approximate surface area is 144 Å². The summed E-state index contributed by atoms with van der Waals surface area (Å²) in [4.78, 5) is 10.5. The smallest absolute Gasteiger partial charge is 0.303 e. The Morgan fingerprint density at radius 2 is 2.04 bits per heavy atom. The molecular formula is C18H32O4S. The second-order valence-electron chi connectivity index (χ2n) is 6.98. The Bertz CT molecular complexity index is 363. The third-order valence-electron chi connectivity index (χ3n) is 5.10. The quantitative estimate of drug-likeness (QED) is 0.543. The number of unbranched alkanes of at least 4 members (excludes halogenated alkanes) is 1. The Kier molecular flexibility index (Phi) is 8.21. The van der Waals surface area contributed by atoms with Gasteiger partial charge in [-0.3, -0.25) is 4.79 Å². The van der Waals surface area contributed by atoms with E-state index >= 15 is 0 Å². The molecule has 2 saturated heterocycles. The molecule has 2 aliphatic heterocycles. The van der Waals surface area contributed by atoms with Crippen LogP contribution >= 0.6 is 11.8 Å². The molecule has 5 heteroatoms. The van der Waals surface area contributed by atoms with Gasteiger partial charge in [-0.05, 0) is 37.9 Å². The molecule has 23 heavy (non-hydrogen) atoms. The van der Waals surface area contributed by atoms with Crippen molar-refractivity contribution >= 4 is 17.7 Å². The van der Waals surface area contributed by atoms with Crippen LogP contribution in [0.1, 0.15) is 58.8 Å². The second kappa shape index (κ2) is 9.90. The zero-order valence-electron chi connectivity index (χ0n) is 14.5. The van der Waals surface area contributed by atoms with Gasteiger partial charge in [-0.1, -0.05) is 20.3 Å². The highest BCUT2D eigenvalue weighted by atomic mass is 32.2. The van der Waals surface area contributed by atoms with Gasteiger partial charge in [0.15, 0.2) is 0 Å². The molecule has 2 bridgehead atoms. The van der Waals surface area contributed by atoms with Gasteiger partial charge in [0.25, 0.3) is 0 Å². The fourth-order valence-corrected chi connectivity index (χ4v) is 5.21. The lowest BCUT2D eigenvalue weighted by Gasteiger charge is -2.28. The van der Waals surface area contributed by atoms with Crippen molar-refractivity contribution in [2.75, 3.05) is 19.0 Å². The number of hydrogen-bond donors (Lipinski definition) is 1. The Morgan fingerprint density at radius 3 is 2.74 bits per heavy atom. The van der Waals surface area contributed by atoms with Crippen molar-refractivity contribution in [3.8, 4) is 0 Å². The zero-order valence-corrected chi connectivity index (χ0v) is 15.4. The first-order valence-electron chi connectivity index (χ1n) is 9.18. The highest BCUT2D eigenvalue weighted by Gasteiger charge is 2.48. The number of carboxylic acids is 1. The number of carboxylic acid groups (broad SMARTS) is 1. The molecule has 0 spiro atoms. The van der Waals surface area contributed by atoms with Crippen LogP contribution in [0.25, 0.3) is 0 Å². The molecule has 2 fully saturated rings. The highest BCUT2D eigenvalue weighted by Crippen LogP contribution is 2.45. The van der Waals surface area contributed by atoms with E-state index in [9.17, 15) is 4.79 Å². The molecule has 5 atom stereocenters. The van der Waals surface area contributed by atoms with E-state index in [0.29, 0.717) is 37.1 Å². The molecule has 2 rings (SSSR count). The maximum absolute atomic E-state index is 10.5. The van der Waals surface area contributed by atoms with E-state index in [1.54, 1.807) is 0 Å². The molecule has 0 saturated carbocycles. The van der Waals surface area contributed by atoms with E-state index in [2.05, 4.69) is 25.6 Å². The van der Waals surface area contributed by atoms with Gasteiger partial charge in [-0.2, -0.15) is 11.8 Å². The van der Waals surface area contributed by atoms with Crippen LogP contribution in [0.2, 0.25) is 0 Å². The van der Waals surface area contributed by atoms with E-state index in [4.69, 9.17) is 14.6 Å². The van der Waals surface area contributed by atoms with Crippen molar-refractivity contribution in [3.63, 3.8) is 0 Å². The summed E-state index contributed by atoms with van der Waals surface area (Å²) in [5, 5.41) is 9.36. The molecule has 0 aromatic carbocycles. The SMILES string of the molecule is CCCC(C)SC[C@@H]1[C@H](COCCCCC(=O)O)[C@@H]2CC[C@H]1O2. The molecule has 0 amide bonds. The second-order valence-corrected chi connectivity index (χ2v) is 8.45. The van der Waals surface area contributed by atoms with Crippen molar-refractivity contribution in [3.05, 3.63) is 0 Å². The molecule has 0 aromatic rings. The van der Waals surface area contributed by atoms with E-state index < -0.39 is 5.97 Å². The first kappa shape index (κ1) is 19.1. The average Bonchev–Trinajstić information content (AvgIpc) is 3.10. The van der Waals surface area contributed by atoms with E-state index in [-0.39, 0.29) is 6.42 Å². The summed E-state index contributed by atoms with van der Waals surface area (Å²) in [5.74, 6) is 1.64. The van der Waals surface area contributed by atoms with Crippen LogP contribution in [0, 0.1) is 11.8 Å². The van der Waals surface area contributed by atoms with Crippen molar-refractivity contribution in [2.24, 2.45) is 11.8 Å². The minimum absolute atomic E-state index is 0.245. The zero-order chi connectivity index (χ0) is 16.7. The van der Waals surface area contributed by atoms with Crippen molar-refractivity contribution in [1.82, 2.24) is 0 Å². The van der Waals surface area contributed by atoms with Gasteiger partial charge < -0.3 is 14.6 Å². The Hall–Kier alpha value is -0.260. The maximum Gasteiger partial charge on any atom is 0.303 e. The van der Waals surface area contributed by atoms with Gasteiger partial charge in [0, 0.05) is 30.1 Å². The van der Waals surface area contributed by atoms with Crippen LogP contribution in [0.3, 0.4) is 0 Å². The topological polar surface area (TPSA) is 55.8 Å². The van der Waals surface area contributed by atoms with Gasteiger partial charge in [0.05, 0.1) is 18.8 Å². The van der Waals surface area contributed by atoms with Gasteiger partial charge >= 0.3 is 5.97 Å². The summed E-state index contributed by atoms with van der Waals surface area (Å²) in [5.41, 5.74) is 0. The summed E-state index contributed by atoms with van der Waals surface area (Å²) in [6.45, 7) is 6.03. The lowest BCUT2D eigenvalue weighted by molar-refractivity contribution is -0.137. The summed E-state index contributed by atoms with van der Waals surface area (Å²) in [7, 11) is 0. The van der Waals surface area contributed by atoms with Crippen LogP contribution in [-0.4, -0.2) is 47.5 Å². The largest absolute Gasteiger partial charge is 0.481 e. The minimum atomic E-state index is -0.718. The van der Waals surface area contributed by atoms with Crippen LogP contribution < -0.4 is 0 Å². The molecule has 4 nitrogen and oxygen atoms in total. The van der Waals surface area contributed by atoms with Crippen molar-refractivity contribution in [2.45, 2.75) is 76.3 Å². The standard InChI is InChI=1S/C18H32O4S/c1-3-6-13(2)23-12-15-14(16-8-9-17(15)22-16)11-21-10-5-4-7-18(19)20/h13-17H,3-12H2,1-2H3,(H,19,20)/t13?,14-,15+,16-,17+/m0/s1. The monoisotopic (exact) mass is 344 g/mol. The fourth-order valence-electron chi connectivity index (χ4n) is 3.80. The molecule has 134 valence electrons. The fraction of sp³-hybridized carbons (Fsp3) is 0.944. The molecule has 2 heterocycles. The van der Waals surface area contributed by atoms with Crippen molar-refractivity contribution in [1.29, 1.82) is 0 Å². The van der Waals surface area contributed by atoms with Crippen molar-refractivity contribution < 1.29 is 19.4 Å². The predicted octanol–water partition coefficient (Wildman–Crippen LogP) is 3.97. The van der Waals surface area contributed by atoms with Gasteiger partial charge in [0.1, 0.15) is 0 Å². The van der Waals surface area contributed by atoms with Gasteiger partial charge in [0.2, 0.25) is 0 Å². The summed E-state index contributed by atoms with van der Waals surface area (Å²) in [6, 6.07) is 0. The Morgan fingerprint density at radius 1 is 1.30 bits per heavy atom. The summed E-state index contributed by atoms with van der Waals surface area (Å²) < 4.78 is 12.0. The average molecular weight is 345 g/mol. The van der Waals surface area contributed by atoms with E-state index in [1.807, 2.05) is 0 Å². The summed E-state index contributed by atoms with van der Waals surface area (Å²) >= 11 is 2.09. The maximum atomic E-state index is 10.5. The van der Waals surface area contributed by atoms with Crippen LogP contribution in [0.15, 0.2) is 0 Å². The van der Waals surface area contributed by atoms with Crippen LogP contribution in [0.5, 0.6) is 0 Å². The number of ether oxygens (including phenoxy) is 2. The molecule has 0 radical (unpaired) electrons. The number of hydrogen-bond acceptors (Lipinski definition) is 4. The Balaban J connectivity index is 1.67. The summed E-state index contributed by atoms with van der Waals surface area (Å²) in [6.07, 6.45) is 7.57. The van der Waals surface area contributed by atoms with Crippen LogP contribution in [0.4, 0.5) is 0 Å². The normalized spacial score (nSPS) is 30.7. The van der Waals surface area contributed by atoms with E-state index in [1.165, 1.54) is 31.4 Å². The van der Waals surface area contributed by atoms with Crippen LogP contribution in [-0.2, 0) is 14.3 Å². The minimum Gasteiger partial charge on any atom is -0.481 e. The van der Waals surface area contributed by atoms with Gasteiger partial charge in [-0.25, -0.2) is 0 Å². The third kappa shape index (κ3) is 5.95.